The van der Waals surface area contributed by atoms with E-state index in [-0.39, 0.29) is 18.6 Å². The van der Waals surface area contributed by atoms with Gasteiger partial charge in [0.15, 0.2) is 22.4 Å². The zero-order chi connectivity index (χ0) is 17.1. The van der Waals surface area contributed by atoms with Crippen molar-refractivity contribution >= 4 is 28.8 Å². The lowest BCUT2D eigenvalue weighted by Gasteiger charge is -2.18. The van der Waals surface area contributed by atoms with E-state index in [0.29, 0.717) is 10.7 Å². The summed E-state index contributed by atoms with van der Waals surface area (Å²) in [6.45, 7) is 3.81. The fourth-order valence-corrected chi connectivity index (χ4v) is 2.74. The van der Waals surface area contributed by atoms with Crippen LogP contribution in [0.15, 0.2) is 42.5 Å². The highest BCUT2D eigenvalue weighted by atomic mass is 32.1. The Morgan fingerprint density at radius 3 is 2.75 bits per heavy atom. The third-order valence-corrected chi connectivity index (χ3v) is 3.99. The van der Waals surface area contributed by atoms with E-state index >= 15 is 0 Å². The zero-order valence-corrected chi connectivity index (χ0v) is 14.3. The standard InChI is InChI=1S/C18H18N2O3S/c1-11(13-6-7-16-17(9-13)23-10-22-16)19-18(24)20-15-5-3-4-14(8-15)12(2)21/h3-9,11H,10H2,1-2H3,(H2,19,20,24)/t11-/m1/s1. The molecule has 1 aliphatic rings. The third-order valence-electron chi connectivity index (χ3n) is 3.77. The Morgan fingerprint density at radius 1 is 1.17 bits per heavy atom. The van der Waals surface area contributed by atoms with Gasteiger partial charge >= 0.3 is 0 Å². The van der Waals surface area contributed by atoms with E-state index in [0.717, 1.165) is 22.7 Å². The SMILES string of the molecule is CC(=O)c1cccc(NC(=S)N[C@H](C)c2ccc3c(c2)OCO3)c1. The molecule has 1 aliphatic heterocycles. The van der Waals surface area contributed by atoms with Gasteiger partial charge in [0, 0.05) is 11.3 Å². The molecule has 1 atom stereocenters. The minimum atomic E-state index is -0.00418. The van der Waals surface area contributed by atoms with Crippen LogP contribution in [0, 0.1) is 0 Å². The van der Waals surface area contributed by atoms with Gasteiger partial charge < -0.3 is 20.1 Å². The van der Waals surface area contributed by atoms with Gasteiger partial charge in [0.2, 0.25) is 6.79 Å². The lowest BCUT2D eigenvalue weighted by atomic mass is 10.1. The summed E-state index contributed by atoms with van der Waals surface area (Å²) >= 11 is 5.36. The Bertz CT molecular complexity index is 792. The van der Waals surface area contributed by atoms with Crippen LogP contribution < -0.4 is 20.1 Å². The second kappa shape index (κ2) is 6.88. The molecular weight excluding hydrogens is 324 g/mol. The molecule has 0 aromatic heterocycles. The molecule has 2 aromatic carbocycles. The number of carbonyl (C=O) groups is 1. The van der Waals surface area contributed by atoms with E-state index in [1.807, 2.05) is 37.3 Å². The van der Waals surface area contributed by atoms with Crippen LogP contribution in [-0.4, -0.2) is 17.7 Å². The normalized spacial score (nSPS) is 13.2. The number of Topliss-reactive ketones (excluding diaryl/α,β-unsaturated/α-hetero) is 1. The molecule has 0 saturated carbocycles. The number of benzene rings is 2. The van der Waals surface area contributed by atoms with E-state index in [1.165, 1.54) is 6.92 Å². The molecule has 124 valence electrons. The summed E-state index contributed by atoms with van der Waals surface area (Å²) in [5.74, 6) is 1.52. The average Bonchev–Trinajstić information content (AvgIpc) is 3.02. The first kappa shape index (κ1) is 16.3. The van der Waals surface area contributed by atoms with Gasteiger partial charge in [0.1, 0.15) is 0 Å². The molecule has 2 N–H and O–H groups in total. The van der Waals surface area contributed by atoms with Crippen LogP contribution in [0.5, 0.6) is 11.5 Å². The summed E-state index contributed by atoms with van der Waals surface area (Å²) < 4.78 is 10.7. The van der Waals surface area contributed by atoms with Gasteiger partial charge in [-0.3, -0.25) is 4.79 Å². The zero-order valence-electron chi connectivity index (χ0n) is 13.5. The van der Waals surface area contributed by atoms with Crippen molar-refractivity contribution in [1.29, 1.82) is 0 Å². The highest BCUT2D eigenvalue weighted by Gasteiger charge is 2.16. The molecule has 0 bridgehead atoms. The van der Waals surface area contributed by atoms with Crippen LogP contribution in [0.3, 0.4) is 0 Å². The maximum atomic E-state index is 11.4. The molecule has 0 radical (unpaired) electrons. The van der Waals surface area contributed by atoms with Crippen LogP contribution in [-0.2, 0) is 0 Å². The minimum absolute atomic E-state index is 0.00418. The number of carbonyl (C=O) groups excluding carboxylic acids is 1. The molecule has 5 nitrogen and oxygen atoms in total. The number of rotatable bonds is 4. The molecule has 1 heterocycles. The summed E-state index contributed by atoms with van der Waals surface area (Å²) in [7, 11) is 0. The quantitative estimate of drug-likeness (QED) is 0.653. The average molecular weight is 342 g/mol. The van der Waals surface area contributed by atoms with Crippen molar-refractivity contribution in [2.75, 3.05) is 12.1 Å². The maximum absolute atomic E-state index is 11.4. The fraction of sp³-hybridized carbons (Fsp3) is 0.222. The number of anilines is 1. The smallest absolute Gasteiger partial charge is 0.231 e. The molecule has 6 heteroatoms. The number of ether oxygens (including phenoxy) is 2. The van der Waals surface area contributed by atoms with Gasteiger partial charge in [-0.1, -0.05) is 18.2 Å². The molecule has 3 rings (SSSR count). The summed E-state index contributed by atoms with van der Waals surface area (Å²) in [6, 6.07) is 13.1. The number of hydrogen-bond donors (Lipinski definition) is 2. The summed E-state index contributed by atoms with van der Waals surface area (Å²) in [4.78, 5) is 11.4. The Kier molecular flexibility index (Phi) is 4.66. The monoisotopic (exact) mass is 342 g/mol. The molecule has 0 aliphatic carbocycles. The topological polar surface area (TPSA) is 59.6 Å². The van der Waals surface area contributed by atoms with Crippen molar-refractivity contribution in [3.05, 3.63) is 53.6 Å². The minimum Gasteiger partial charge on any atom is -0.454 e. The Balaban J connectivity index is 1.64. The molecule has 0 saturated heterocycles. The van der Waals surface area contributed by atoms with Crippen molar-refractivity contribution in [1.82, 2.24) is 5.32 Å². The molecule has 0 fully saturated rings. The summed E-state index contributed by atoms with van der Waals surface area (Å²) in [5, 5.41) is 6.81. The molecule has 0 amide bonds. The molecule has 2 aromatic rings. The van der Waals surface area contributed by atoms with E-state index in [1.54, 1.807) is 12.1 Å². The van der Waals surface area contributed by atoms with E-state index < -0.39 is 0 Å². The van der Waals surface area contributed by atoms with Gasteiger partial charge in [-0.05, 0) is 55.9 Å². The first-order valence-corrected chi connectivity index (χ1v) is 8.02. The molecule has 0 spiro atoms. The summed E-state index contributed by atoms with van der Waals surface area (Å²) in [5.41, 5.74) is 2.46. The highest BCUT2D eigenvalue weighted by molar-refractivity contribution is 7.80. The Labute approximate surface area is 146 Å². The maximum Gasteiger partial charge on any atom is 0.231 e. The molecule has 0 unspecified atom stereocenters. The summed E-state index contributed by atoms with van der Waals surface area (Å²) in [6.07, 6.45) is 0. The van der Waals surface area contributed by atoms with Gasteiger partial charge in [-0.2, -0.15) is 0 Å². The van der Waals surface area contributed by atoms with E-state index in [9.17, 15) is 4.79 Å². The van der Waals surface area contributed by atoms with Crippen LogP contribution in [0.25, 0.3) is 0 Å². The van der Waals surface area contributed by atoms with E-state index in [2.05, 4.69) is 10.6 Å². The van der Waals surface area contributed by atoms with E-state index in [4.69, 9.17) is 21.7 Å². The highest BCUT2D eigenvalue weighted by Crippen LogP contribution is 2.34. The van der Waals surface area contributed by atoms with Gasteiger partial charge in [-0.15, -0.1) is 0 Å². The van der Waals surface area contributed by atoms with Gasteiger partial charge in [-0.25, -0.2) is 0 Å². The van der Waals surface area contributed by atoms with Crippen molar-refractivity contribution in [2.45, 2.75) is 19.9 Å². The van der Waals surface area contributed by atoms with Crippen LogP contribution in [0.2, 0.25) is 0 Å². The predicted octanol–water partition coefficient (Wildman–Crippen LogP) is 3.67. The number of thiocarbonyl (C=S) groups is 1. The number of fused-ring (bicyclic) bond motifs is 1. The Hall–Kier alpha value is -2.60. The fourth-order valence-electron chi connectivity index (χ4n) is 2.45. The largest absolute Gasteiger partial charge is 0.454 e. The number of hydrogen-bond acceptors (Lipinski definition) is 4. The predicted molar refractivity (Wildman–Crippen MR) is 96.8 cm³/mol. The molecule has 24 heavy (non-hydrogen) atoms. The van der Waals surface area contributed by atoms with Gasteiger partial charge in [0.05, 0.1) is 6.04 Å². The first-order chi connectivity index (χ1) is 11.5. The van der Waals surface area contributed by atoms with Crippen molar-refractivity contribution in [2.24, 2.45) is 0 Å². The van der Waals surface area contributed by atoms with Crippen molar-refractivity contribution in [3.8, 4) is 11.5 Å². The lowest BCUT2D eigenvalue weighted by Crippen LogP contribution is -2.30. The van der Waals surface area contributed by atoms with Gasteiger partial charge in [0.25, 0.3) is 0 Å². The second-order valence-electron chi connectivity index (χ2n) is 5.57. The number of nitrogens with one attached hydrogen (secondary N) is 2. The third kappa shape index (κ3) is 3.65. The van der Waals surface area contributed by atoms with Crippen molar-refractivity contribution in [3.63, 3.8) is 0 Å². The van der Waals surface area contributed by atoms with Crippen molar-refractivity contribution < 1.29 is 14.3 Å². The first-order valence-electron chi connectivity index (χ1n) is 7.61. The van der Waals surface area contributed by atoms with Crippen LogP contribution in [0.1, 0.15) is 35.8 Å². The lowest BCUT2D eigenvalue weighted by molar-refractivity contribution is 0.101. The van der Waals surface area contributed by atoms with Crippen LogP contribution in [0.4, 0.5) is 5.69 Å². The molecular formula is C18H18N2O3S. The number of ketones is 1. The van der Waals surface area contributed by atoms with Crippen LogP contribution >= 0.6 is 12.2 Å². The Morgan fingerprint density at radius 2 is 1.96 bits per heavy atom. The second-order valence-corrected chi connectivity index (χ2v) is 5.98.